The summed E-state index contributed by atoms with van der Waals surface area (Å²) in [5.74, 6) is -1.94. The molecule has 1 aromatic heterocycles. The summed E-state index contributed by atoms with van der Waals surface area (Å²) in [6.45, 7) is 1.94. The number of amides is 2. The maximum absolute atomic E-state index is 12.6. The van der Waals surface area contributed by atoms with Gasteiger partial charge < -0.3 is 14.6 Å². The van der Waals surface area contributed by atoms with Crippen LogP contribution < -0.4 is 5.32 Å². The van der Waals surface area contributed by atoms with Crippen LogP contribution >= 0.6 is 0 Å². The summed E-state index contributed by atoms with van der Waals surface area (Å²) in [5, 5.41) is 10.4. The minimum absolute atomic E-state index is 0.0835. The highest BCUT2D eigenvalue weighted by atomic mass is 19.4. The molecule has 0 radical (unpaired) electrons. The highest BCUT2D eigenvalue weighted by Crippen LogP contribution is 2.26. The summed E-state index contributed by atoms with van der Waals surface area (Å²) < 4.78 is 43.5. The van der Waals surface area contributed by atoms with Crippen molar-refractivity contribution in [2.24, 2.45) is 0 Å². The number of aromatic nitrogens is 2. The fourth-order valence-electron chi connectivity index (χ4n) is 3.13. The van der Waals surface area contributed by atoms with Crippen LogP contribution in [0.1, 0.15) is 24.3 Å². The molecule has 1 atom stereocenters. The number of alkyl halides is 3. The molecule has 1 aliphatic heterocycles. The van der Waals surface area contributed by atoms with E-state index in [2.05, 4.69) is 15.5 Å². The predicted octanol–water partition coefficient (Wildman–Crippen LogP) is 2.26. The molecular weight excluding hydrogens is 377 g/mol. The Morgan fingerprint density at radius 2 is 2.04 bits per heavy atom. The highest BCUT2D eigenvalue weighted by molar-refractivity contribution is 5.90. The van der Waals surface area contributed by atoms with Crippen molar-refractivity contribution in [1.29, 1.82) is 0 Å². The average molecular weight is 396 g/mol. The molecule has 150 valence electrons. The lowest BCUT2D eigenvalue weighted by atomic mass is 10.1. The Kier molecular flexibility index (Phi) is 5.66. The molecule has 2 amide bonds. The van der Waals surface area contributed by atoms with Gasteiger partial charge in [-0.1, -0.05) is 18.2 Å². The van der Waals surface area contributed by atoms with Gasteiger partial charge in [0.25, 0.3) is 0 Å². The van der Waals surface area contributed by atoms with Gasteiger partial charge in [-0.2, -0.15) is 13.2 Å². The molecule has 10 heteroatoms. The molecule has 0 bridgehead atoms. The number of aryl methyl sites for hydroxylation is 1. The van der Waals surface area contributed by atoms with Crippen LogP contribution in [0.15, 0.2) is 28.7 Å². The minimum atomic E-state index is -4.99. The lowest BCUT2D eigenvalue weighted by molar-refractivity contribution is -0.186. The van der Waals surface area contributed by atoms with Gasteiger partial charge in [0.15, 0.2) is 0 Å². The van der Waals surface area contributed by atoms with Crippen LogP contribution in [-0.4, -0.2) is 52.2 Å². The Hall–Kier alpha value is -2.91. The predicted molar refractivity (Wildman–Crippen MR) is 92.0 cm³/mol. The maximum Gasteiger partial charge on any atom is 0.471 e. The van der Waals surface area contributed by atoms with E-state index < -0.39 is 24.0 Å². The van der Waals surface area contributed by atoms with Crippen molar-refractivity contribution in [2.45, 2.75) is 38.4 Å². The number of carbonyl (C=O) groups excluding carboxylic acids is 2. The molecule has 3 rings (SSSR count). The average Bonchev–Trinajstić information content (AvgIpc) is 3.30. The summed E-state index contributed by atoms with van der Waals surface area (Å²) in [6, 6.07) is 6.39. The topological polar surface area (TPSA) is 88.3 Å². The summed E-state index contributed by atoms with van der Waals surface area (Å²) in [4.78, 5) is 24.2. The van der Waals surface area contributed by atoms with Crippen LogP contribution in [0, 0.1) is 6.92 Å². The van der Waals surface area contributed by atoms with Gasteiger partial charge in [0.05, 0.1) is 0 Å². The number of nitrogens with one attached hydrogen (secondary N) is 1. The van der Waals surface area contributed by atoms with Crippen molar-refractivity contribution in [3.8, 4) is 11.5 Å². The first-order chi connectivity index (χ1) is 13.3. The number of carbonyl (C=O) groups is 2. The van der Waals surface area contributed by atoms with Crippen LogP contribution in [0.2, 0.25) is 0 Å². The normalized spacial score (nSPS) is 17.0. The molecule has 1 unspecified atom stereocenters. The molecule has 0 aliphatic carbocycles. The van der Waals surface area contributed by atoms with Crippen LogP contribution in [-0.2, 0) is 16.0 Å². The number of nitrogens with zero attached hydrogens (tertiary/aromatic N) is 3. The second kappa shape index (κ2) is 7.99. The summed E-state index contributed by atoms with van der Waals surface area (Å²) in [6.07, 6.45) is -4.21. The van der Waals surface area contributed by atoms with E-state index in [0.717, 1.165) is 11.1 Å². The quantitative estimate of drug-likeness (QED) is 0.838. The van der Waals surface area contributed by atoms with Crippen molar-refractivity contribution in [2.75, 3.05) is 13.1 Å². The first kappa shape index (κ1) is 19.8. The molecule has 2 heterocycles. The fraction of sp³-hybridized carbons (Fsp3) is 0.444. The SMILES string of the molecule is Cc1ccccc1-c1nnc(CCNC(=O)C2CCCN2C(=O)C(F)(F)F)o1. The van der Waals surface area contributed by atoms with E-state index in [1.165, 1.54) is 0 Å². The van der Waals surface area contributed by atoms with Crippen molar-refractivity contribution in [1.82, 2.24) is 20.4 Å². The smallest absolute Gasteiger partial charge is 0.421 e. The Balaban J connectivity index is 1.55. The molecule has 0 spiro atoms. The molecule has 28 heavy (non-hydrogen) atoms. The largest absolute Gasteiger partial charge is 0.471 e. The Bertz CT molecular complexity index is 866. The lowest BCUT2D eigenvalue weighted by Crippen LogP contribution is -2.50. The van der Waals surface area contributed by atoms with Gasteiger partial charge in [-0.15, -0.1) is 10.2 Å². The number of halogens is 3. The molecule has 1 aliphatic rings. The summed E-state index contributed by atoms with van der Waals surface area (Å²) in [5.41, 5.74) is 1.78. The van der Waals surface area contributed by atoms with Gasteiger partial charge >= 0.3 is 12.1 Å². The lowest BCUT2D eigenvalue weighted by Gasteiger charge is -2.24. The molecule has 1 N–H and O–H groups in total. The van der Waals surface area contributed by atoms with Gasteiger partial charge in [0.2, 0.25) is 17.7 Å². The van der Waals surface area contributed by atoms with E-state index in [1.807, 2.05) is 31.2 Å². The zero-order valence-electron chi connectivity index (χ0n) is 15.1. The Labute approximate surface area is 158 Å². The fourth-order valence-corrected chi connectivity index (χ4v) is 3.13. The Morgan fingerprint density at radius 3 is 2.75 bits per heavy atom. The van der Waals surface area contributed by atoms with E-state index in [1.54, 1.807) is 0 Å². The first-order valence-corrected chi connectivity index (χ1v) is 8.81. The zero-order valence-corrected chi connectivity index (χ0v) is 15.1. The summed E-state index contributed by atoms with van der Waals surface area (Å²) in [7, 11) is 0. The third-order valence-electron chi connectivity index (χ3n) is 4.54. The van der Waals surface area contributed by atoms with Gasteiger partial charge in [0, 0.05) is 25.1 Å². The van der Waals surface area contributed by atoms with Crippen molar-refractivity contribution in [3.63, 3.8) is 0 Å². The van der Waals surface area contributed by atoms with Gasteiger partial charge in [-0.25, -0.2) is 0 Å². The van der Waals surface area contributed by atoms with E-state index in [9.17, 15) is 22.8 Å². The third kappa shape index (κ3) is 4.32. The maximum atomic E-state index is 12.6. The van der Waals surface area contributed by atoms with Gasteiger partial charge in [-0.3, -0.25) is 9.59 Å². The highest BCUT2D eigenvalue weighted by Gasteiger charge is 2.47. The number of rotatable bonds is 5. The molecule has 1 aromatic carbocycles. The molecule has 7 nitrogen and oxygen atoms in total. The van der Waals surface area contributed by atoms with Crippen LogP contribution in [0.4, 0.5) is 13.2 Å². The van der Waals surface area contributed by atoms with Crippen LogP contribution in [0.5, 0.6) is 0 Å². The number of likely N-dealkylation sites (tertiary alicyclic amines) is 1. The monoisotopic (exact) mass is 396 g/mol. The number of hydrogen-bond donors (Lipinski definition) is 1. The van der Waals surface area contributed by atoms with Crippen LogP contribution in [0.3, 0.4) is 0 Å². The number of benzene rings is 1. The molecule has 0 saturated carbocycles. The molecule has 1 saturated heterocycles. The Morgan fingerprint density at radius 1 is 1.29 bits per heavy atom. The van der Waals surface area contributed by atoms with Gasteiger partial charge in [0.1, 0.15) is 6.04 Å². The molecular formula is C18H19F3N4O3. The van der Waals surface area contributed by atoms with Crippen molar-refractivity contribution >= 4 is 11.8 Å². The number of hydrogen-bond acceptors (Lipinski definition) is 5. The van der Waals surface area contributed by atoms with E-state index in [-0.39, 0.29) is 25.9 Å². The second-order valence-corrected chi connectivity index (χ2v) is 6.51. The van der Waals surface area contributed by atoms with E-state index in [0.29, 0.717) is 23.1 Å². The standard InChI is InChI=1S/C18H19F3N4O3/c1-11-5-2-3-6-12(11)16-24-23-14(28-16)8-9-22-15(26)13-7-4-10-25(13)17(27)18(19,20)21/h2-3,5-6,13H,4,7-10H2,1H3,(H,22,26). The first-order valence-electron chi connectivity index (χ1n) is 8.81. The zero-order chi connectivity index (χ0) is 20.3. The minimum Gasteiger partial charge on any atom is -0.421 e. The third-order valence-corrected chi connectivity index (χ3v) is 4.54. The molecule has 2 aromatic rings. The van der Waals surface area contributed by atoms with E-state index >= 15 is 0 Å². The van der Waals surface area contributed by atoms with Crippen molar-refractivity contribution in [3.05, 3.63) is 35.7 Å². The molecule has 1 fully saturated rings. The van der Waals surface area contributed by atoms with Crippen LogP contribution in [0.25, 0.3) is 11.5 Å². The van der Waals surface area contributed by atoms with Crippen molar-refractivity contribution < 1.29 is 27.2 Å². The second-order valence-electron chi connectivity index (χ2n) is 6.51. The van der Waals surface area contributed by atoms with E-state index in [4.69, 9.17) is 4.42 Å². The summed E-state index contributed by atoms with van der Waals surface area (Å²) >= 11 is 0. The van der Waals surface area contributed by atoms with Gasteiger partial charge in [-0.05, 0) is 31.4 Å².